The quantitative estimate of drug-likeness (QED) is 0.427. The van der Waals surface area contributed by atoms with Gasteiger partial charge in [-0.25, -0.2) is 4.79 Å². The number of amides is 1. The number of benzene rings is 3. The van der Waals surface area contributed by atoms with E-state index in [0.29, 0.717) is 0 Å². The second kappa shape index (κ2) is 10.9. The van der Waals surface area contributed by atoms with Crippen LogP contribution in [0.4, 0.5) is 0 Å². The molecule has 0 aliphatic rings. The van der Waals surface area contributed by atoms with Crippen LogP contribution in [0.3, 0.4) is 0 Å². The summed E-state index contributed by atoms with van der Waals surface area (Å²) >= 11 is 0. The van der Waals surface area contributed by atoms with E-state index >= 15 is 0 Å². The molecule has 0 radical (unpaired) electrons. The third-order valence-corrected chi connectivity index (χ3v) is 4.81. The molecule has 0 aromatic heterocycles. The lowest BCUT2D eigenvalue weighted by atomic mass is 10.00. The Hall–Kier alpha value is -3.73. The van der Waals surface area contributed by atoms with Gasteiger partial charge in [-0.05, 0) is 29.2 Å². The predicted molar refractivity (Wildman–Crippen MR) is 119 cm³/mol. The zero-order valence-corrected chi connectivity index (χ0v) is 17.4. The number of hydrogen-bond donors (Lipinski definition) is 1. The Balaban J connectivity index is 1.72. The van der Waals surface area contributed by atoms with Crippen LogP contribution >= 0.6 is 0 Å². The van der Waals surface area contributed by atoms with Gasteiger partial charge in [0.1, 0.15) is 6.04 Å². The van der Waals surface area contributed by atoms with E-state index in [1.165, 1.54) is 0 Å². The number of rotatable bonds is 9. The SMILES string of the molecule is CCOC(=O)C(=O)[C@H](Cc1ccccc1)NC(=O)Cc1cccc(-c2ccccc2)c1. The van der Waals surface area contributed by atoms with Crippen molar-refractivity contribution in [2.24, 2.45) is 0 Å². The van der Waals surface area contributed by atoms with E-state index in [0.717, 1.165) is 22.3 Å². The molecule has 0 saturated heterocycles. The van der Waals surface area contributed by atoms with Crippen molar-refractivity contribution in [1.82, 2.24) is 5.32 Å². The van der Waals surface area contributed by atoms with E-state index in [1.54, 1.807) is 6.92 Å². The molecule has 3 rings (SSSR count). The maximum Gasteiger partial charge on any atom is 0.376 e. The Kier molecular flexibility index (Phi) is 7.71. The lowest BCUT2D eigenvalue weighted by molar-refractivity contribution is -0.154. The van der Waals surface area contributed by atoms with Crippen molar-refractivity contribution in [3.8, 4) is 11.1 Å². The van der Waals surface area contributed by atoms with Crippen molar-refractivity contribution in [1.29, 1.82) is 0 Å². The molecule has 5 heteroatoms. The van der Waals surface area contributed by atoms with Gasteiger partial charge in [0.05, 0.1) is 13.0 Å². The number of hydrogen-bond acceptors (Lipinski definition) is 4. The molecule has 158 valence electrons. The molecule has 1 atom stereocenters. The minimum absolute atomic E-state index is 0.0993. The standard InChI is InChI=1S/C26H25NO4/c1-2-31-26(30)25(29)23(17-19-10-5-3-6-11-19)27-24(28)18-20-12-9-15-22(16-20)21-13-7-4-8-14-21/h3-16,23H,2,17-18H2,1H3,(H,27,28)/t23-/m0/s1. The monoisotopic (exact) mass is 415 g/mol. The molecule has 0 bridgehead atoms. The highest BCUT2D eigenvalue weighted by Gasteiger charge is 2.28. The van der Waals surface area contributed by atoms with Gasteiger partial charge in [0.25, 0.3) is 5.78 Å². The third kappa shape index (κ3) is 6.37. The normalized spacial score (nSPS) is 11.4. The van der Waals surface area contributed by atoms with E-state index in [2.05, 4.69) is 5.32 Å². The third-order valence-electron chi connectivity index (χ3n) is 4.81. The van der Waals surface area contributed by atoms with Gasteiger partial charge in [0.2, 0.25) is 5.91 Å². The van der Waals surface area contributed by atoms with Crippen molar-refractivity contribution in [3.63, 3.8) is 0 Å². The first-order valence-corrected chi connectivity index (χ1v) is 10.3. The average molecular weight is 415 g/mol. The molecule has 5 nitrogen and oxygen atoms in total. The first-order valence-electron chi connectivity index (χ1n) is 10.3. The van der Waals surface area contributed by atoms with Crippen molar-refractivity contribution in [3.05, 3.63) is 96.1 Å². The Morgan fingerprint density at radius 2 is 1.42 bits per heavy atom. The minimum Gasteiger partial charge on any atom is -0.460 e. The maximum absolute atomic E-state index is 12.7. The number of nitrogens with one attached hydrogen (secondary N) is 1. The topological polar surface area (TPSA) is 72.5 Å². The van der Waals surface area contributed by atoms with Crippen LogP contribution in [0.15, 0.2) is 84.9 Å². The highest BCUT2D eigenvalue weighted by molar-refractivity contribution is 6.36. The summed E-state index contributed by atoms with van der Waals surface area (Å²) in [5.41, 5.74) is 3.73. The van der Waals surface area contributed by atoms with Crippen LogP contribution in [-0.2, 0) is 32.0 Å². The number of ketones is 1. The molecular formula is C26H25NO4. The highest BCUT2D eigenvalue weighted by atomic mass is 16.5. The molecule has 0 fully saturated rings. The molecule has 1 N–H and O–H groups in total. The largest absolute Gasteiger partial charge is 0.460 e. The van der Waals surface area contributed by atoms with Gasteiger partial charge in [-0.2, -0.15) is 0 Å². The molecule has 31 heavy (non-hydrogen) atoms. The zero-order chi connectivity index (χ0) is 22.1. The molecule has 3 aromatic carbocycles. The molecule has 1 amide bonds. The average Bonchev–Trinajstić information content (AvgIpc) is 2.80. The Morgan fingerprint density at radius 3 is 2.10 bits per heavy atom. The molecule has 0 unspecified atom stereocenters. The molecule has 0 saturated carbocycles. The summed E-state index contributed by atoms with van der Waals surface area (Å²) in [6.45, 7) is 1.73. The minimum atomic E-state index is -0.980. The fourth-order valence-electron chi connectivity index (χ4n) is 3.33. The van der Waals surface area contributed by atoms with E-state index in [1.807, 2.05) is 84.9 Å². The van der Waals surface area contributed by atoms with Crippen LogP contribution in [0.25, 0.3) is 11.1 Å². The van der Waals surface area contributed by atoms with Crippen molar-refractivity contribution in [2.45, 2.75) is 25.8 Å². The first kappa shape index (κ1) is 22.0. The van der Waals surface area contributed by atoms with Gasteiger partial charge < -0.3 is 10.1 Å². The summed E-state index contributed by atoms with van der Waals surface area (Å²) in [7, 11) is 0. The van der Waals surface area contributed by atoms with E-state index < -0.39 is 17.8 Å². The lowest BCUT2D eigenvalue weighted by Gasteiger charge is -2.17. The Bertz CT molecular complexity index is 1030. The van der Waals surface area contributed by atoms with Gasteiger partial charge in [-0.15, -0.1) is 0 Å². The zero-order valence-electron chi connectivity index (χ0n) is 17.4. The van der Waals surface area contributed by atoms with Crippen LogP contribution in [0.2, 0.25) is 0 Å². The molecule has 0 aliphatic heterocycles. The van der Waals surface area contributed by atoms with Crippen LogP contribution in [0.1, 0.15) is 18.1 Å². The van der Waals surface area contributed by atoms with Crippen molar-refractivity contribution in [2.75, 3.05) is 6.61 Å². The Morgan fingerprint density at radius 1 is 0.806 bits per heavy atom. The summed E-state index contributed by atoms with van der Waals surface area (Å²) in [6.07, 6.45) is 0.316. The van der Waals surface area contributed by atoms with Crippen LogP contribution in [-0.4, -0.2) is 30.3 Å². The predicted octanol–water partition coefficient (Wildman–Crippen LogP) is 3.76. The van der Waals surface area contributed by atoms with Gasteiger partial charge in [-0.3, -0.25) is 9.59 Å². The number of carbonyl (C=O) groups is 3. The number of esters is 1. The molecular weight excluding hydrogens is 390 g/mol. The molecule has 0 heterocycles. The smallest absolute Gasteiger partial charge is 0.376 e. The Labute approximate surface area is 182 Å². The van der Waals surface area contributed by atoms with E-state index in [4.69, 9.17) is 4.74 Å². The number of ether oxygens (including phenoxy) is 1. The van der Waals surface area contributed by atoms with Crippen molar-refractivity contribution < 1.29 is 19.1 Å². The molecule has 3 aromatic rings. The summed E-state index contributed by atoms with van der Waals surface area (Å²) in [5, 5.41) is 2.72. The highest BCUT2D eigenvalue weighted by Crippen LogP contribution is 2.20. The second-order valence-electron chi connectivity index (χ2n) is 7.14. The van der Waals surface area contributed by atoms with E-state index in [9.17, 15) is 14.4 Å². The second-order valence-corrected chi connectivity index (χ2v) is 7.14. The summed E-state index contributed by atoms with van der Waals surface area (Å²) in [5.74, 6) is -2.02. The summed E-state index contributed by atoms with van der Waals surface area (Å²) in [4.78, 5) is 37.3. The van der Waals surface area contributed by atoms with Gasteiger partial charge in [0.15, 0.2) is 0 Å². The van der Waals surface area contributed by atoms with Crippen molar-refractivity contribution >= 4 is 17.7 Å². The number of Topliss-reactive ketones (excluding diaryl/α,β-unsaturated/α-hetero) is 1. The van der Waals surface area contributed by atoms with Gasteiger partial charge in [-0.1, -0.05) is 84.9 Å². The molecule has 0 aliphatic carbocycles. The van der Waals surface area contributed by atoms with Crippen LogP contribution in [0, 0.1) is 0 Å². The van der Waals surface area contributed by atoms with Crippen LogP contribution < -0.4 is 5.32 Å². The maximum atomic E-state index is 12.7. The first-order chi connectivity index (χ1) is 15.1. The fraction of sp³-hybridized carbons (Fsp3) is 0.192. The fourth-order valence-corrected chi connectivity index (χ4v) is 3.33. The van der Waals surface area contributed by atoms with Crippen LogP contribution in [0.5, 0.6) is 0 Å². The summed E-state index contributed by atoms with van der Waals surface area (Å²) in [6, 6.07) is 25.9. The van der Waals surface area contributed by atoms with E-state index in [-0.39, 0.29) is 25.4 Å². The number of carbonyl (C=O) groups excluding carboxylic acids is 3. The summed E-state index contributed by atoms with van der Waals surface area (Å²) < 4.78 is 4.85. The van der Waals surface area contributed by atoms with Gasteiger partial charge >= 0.3 is 5.97 Å². The van der Waals surface area contributed by atoms with Gasteiger partial charge in [0, 0.05) is 6.42 Å². The lowest BCUT2D eigenvalue weighted by Crippen LogP contribution is -2.46. The molecule has 0 spiro atoms.